The lowest BCUT2D eigenvalue weighted by atomic mass is 10.1. The van der Waals surface area contributed by atoms with Gasteiger partial charge in [-0.05, 0) is 48.1 Å². The predicted molar refractivity (Wildman–Crippen MR) is 112 cm³/mol. The first-order valence-electron chi connectivity index (χ1n) is 9.62. The molecule has 0 atom stereocenters. The number of fused-ring (bicyclic) bond motifs is 2. The zero-order valence-electron chi connectivity index (χ0n) is 16.1. The summed E-state index contributed by atoms with van der Waals surface area (Å²) in [5, 5.41) is 0.475. The van der Waals surface area contributed by atoms with Crippen LogP contribution in [0.4, 0.5) is 0 Å². The van der Waals surface area contributed by atoms with E-state index >= 15 is 0 Å². The van der Waals surface area contributed by atoms with E-state index in [1.807, 2.05) is 18.2 Å². The third-order valence-electron chi connectivity index (χ3n) is 5.30. The van der Waals surface area contributed by atoms with Crippen LogP contribution < -0.4 is 15.0 Å². The number of hydrogen-bond donors (Lipinski definition) is 1. The van der Waals surface area contributed by atoms with E-state index < -0.39 is 0 Å². The number of ether oxygens (including phenoxy) is 3. The summed E-state index contributed by atoms with van der Waals surface area (Å²) in [5.74, 6) is 1.26. The van der Waals surface area contributed by atoms with Gasteiger partial charge in [-0.3, -0.25) is 14.2 Å². The molecule has 0 saturated carbocycles. The number of aromatic nitrogens is 2. The summed E-state index contributed by atoms with van der Waals surface area (Å²) in [7, 11) is 0. The van der Waals surface area contributed by atoms with Crippen LogP contribution in [0.15, 0.2) is 41.2 Å². The maximum Gasteiger partial charge on any atom is 0.262 e. The van der Waals surface area contributed by atoms with E-state index in [0.29, 0.717) is 65.6 Å². The minimum Gasteiger partial charge on any atom is -0.454 e. The van der Waals surface area contributed by atoms with Crippen LogP contribution in [0.1, 0.15) is 15.9 Å². The molecule has 5 rings (SSSR count). The molecular weight excluding hydrogens is 406 g/mol. The molecule has 0 radical (unpaired) electrons. The Morgan fingerprint density at radius 2 is 1.87 bits per heavy atom. The lowest BCUT2D eigenvalue weighted by molar-refractivity contribution is 0.0303. The summed E-state index contributed by atoms with van der Waals surface area (Å²) >= 11 is 5.44. The minimum absolute atomic E-state index is 0.0796. The lowest BCUT2D eigenvalue weighted by Crippen LogP contribution is -2.40. The van der Waals surface area contributed by atoms with Crippen LogP contribution in [0.5, 0.6) is 11.5 Å². The molecule has 8 nitrogen and oxygen atoms in total. The maximum atomic E-state index is 13.1. The molecular formula is C21H19N3O5S. The van der Waals surface area contributed by atoms with Crippen LogP contribution in [-0.2, 0) is 11.3 Å². The highest BCUT2D eigenvalue weighted by molar-refractivity contribution is 7.71. The van der Waals surface area contributed by atoms with Gasteiger partial charge in [0.1, 0.15) is 0 Å². The van der Waals surface area contributed by atoms with Crippen molar-refractivity contribution in [2.75, 3.05) is 33.1 Å². The zero-order valence-corrected chi connectivity index (χ0v) is 16.9. The Bertz CT molecular complexity index is 1260. The quantitative estimate of drug-likeness (QED) is 0.648. The number of carbonyl (C=O) groups is 1. The van der Waals surface area contributed by atoms with Gasteiger partial charge in [0.05, 0.1) is 30.7 Å². The van der Waals surface area contributed by atoms with E-state index in [2.05, 4.69) is 4.98 Å². The number of aromatic amines is 1. The first-order valence-corrected chi connectivity index (χ1v) is 10.0. The van der Waals surface area contributed by atoms with Crippen LogP contribution in [0.3, 0.4) is 0 Å². The third kappa shape index (κ3) is 3.35. The minimum atomic E-state index is -0.211. The van der Waals surface area contributed by atoms with E-state index in [0.717, 1.165) is 5.56 Å². The topological polar surface area (TPSA) is 85.8 Å². The number of H-pyrrole nitrogens is 1. The zero-order chi connectivity index (χ0) is 20.7. The largest absolute Gasteiger partial charge is 0.454 e. The van der Waals surface area contributed by atoms with Crippen LogP contribution in [-0.4, -0.2) is 53.5 Å². The molecule has 1 aromatic heterocycles. The molecule has 1 saturated heterocycles. The summed E-state index contributed by atoms with van der Waals surface area (Å²) in [6.07, 6.45) is 0. The lowest BCUT2D eigenvalue weighted by Gasteiger charge is -2.26. The van der Waals surface area contributed by atoms with Crippen molar-refractivity contribution in [2.24, 2.45) is 0 Å². The fraction of sp³-hybridized carbons (Fsp3) is 0.286. The molecule has 154 valence electrons. The number of nitrogens with one attached hydrogen (secondary N) is 1. The summed E-state index contributed by atoms with van der Waals surface area (Å²) < 4.78 is 17.8. The number of nitrogens with zero attached hydrogens (tertiary/aromatic N) is 2. The van der Waals surface area contributed by atoms with Crippen LogP contribution >= 0.6 is 12.2 Å². The maximum absolute atomic E-state index is 13.1. The van der Waals surface area contributed by atoms with Gasteiger partial charge in [0.15, 0.2) is 16.3 Å². The van der Waals surface area contributed by atoms with Gasteiger partial charge in [-0.25, -0.2) is 0 Å². The van der Waals surface area contributed by atoms with Gasteiger partial charge >= 0.3 is 0 Å². The van der Waals surface area contributed by atoms with Crippen molar-refractivity contribution >= 4 is 29.0 Å². The van der Waals surface area contributed by atoms with Crippen LogP contribution in [0.25, 0.3) is 10.9 Å². The smallest absolute Gasteiger partial charge is 0.262 e. The Kier molecular flexibility index (Phi) is 4.76. The molecule has 30 heavy (non-hydrogen) atoms. The molecule has 3 heterocycles. The van der Waals surface area contributed by atoms with Gasteiger partial charge in [-0.15, -0.1) is 0 Å². The van der Waals surface area contributed by atoms with E-state index in [1.54, 1.807) is 23.1 Å². The first-order chi connectivity index (χ1) is 14.6. The highest BCUT2D eigenvalue weighted by Crippen LogP contribution is 2.32. The van der Waals surface area contributed by atoms with E-state index in [9.17, 15) is 9.59 Å². The number of morpholine rings is 1. The van der Waals surface area contributed by atoms with E-state index in [-0.39, 0.29) is 18.3 Å². The fourth-order valence-corrected chi connectivity index (χ4v) is 3.96. The molecule has 0 unspecified atom stereocenters. The van der Waals surface area contributed by atoms with Crippen molar-refractivity contribution in [1.82, 2.24) is 14.5 Å². The highest BCUT2D eigenvalue weighted by atomic mass is 32.1. The second-order valence-electron chi connectivity index (χ2n) is 7.17. The Balaban J connectivity index is 1.48. The van der Waals surface area contributed by atoms with Gasteiger partial charge in [0.2, 0.25) is 6.79 Å². The van der Waals surface area contributed by atoms with E-state index in [4.69, 9.17) is 26.4 Å². The van der Waals surface area contributed by atoms with Crippen LogP contribution in [0.2, 0.25) is 0 Å². The van der Waals surface area contributed by atoms with Gasteiger partial charge in [-0.2, -0.15) is 0 Å². The summed E-state index contributed by atoms with van der Waals surface area (Å²) in [6, 6.07) is 10.6. The molecule has 2 aromatic carbocycles. The number of benzene rings is 2. The second-order valence-corrected chi connectivity index (χ2v) is 7.56. The molecule has 9 heteroatoms. The Morgan fingerprint density at radius 3 is 2.70 bits per heavy atom. The standard InChI is InChI=1S/C21H19N3O5S/c25-19(23-5-7-27-8-6-23)14-2-3-15-16(10-14)22-21(30)24(20(15)26)11-13-1-4-17-18(9-13)29-12-28-17/h1-4,9-10H,5-8,11-12H2,(H,22,30). The summed E-state index contributed by atoms with van der Waals surface area (Å²) in [6.45, 7) is 2.68. The second kappa shape index (κ2) is 7.58. The normalized spacial score (nSPS) is 15.5. The van der Waals surface area contributed by atoms with Gasteiger partial charge < -0.3 is 24.1 Å². The molecule has 1 amide bonds. The Morgan fingerprint density at radius 1 is 1.07 bits per heavy atom. The van der Waals surface area contributed by atoms with Crippen molar-refractivity contribution in [2.45, 2.75) is 6.54 Å². The first kappa shape index (κ1) is 18.8. The van der Waals surface area contributed by atoms with Crippen molar-refractivity contribution in [3.8, 4) is 11.5 Å². The van der Waals surface area contributed by atoms with Crippen molar-refractivity contribution in [3.05, 3.63) is 62.6 Å². The van der Waals surface area contributed by atoms with Gasteiger partial charge in [-0.1, -0.05) is 6.07 Å². The molecule has 1 N–H and O–H groups in total. The van der Waals surface area contributed by atoms with Crippen LogP contribution in [0, 0.1) is 4.77 Å². The molecule has 3 aromatic rings. The molecule has 0 aliphatic carbocycles. The van der Waals surface area contributed by atoms with E-state index in [1.165, 1.54) is 4.57 Å². The van der Waals surface area contributed by atoms with Crippen molar-refractivity contribution in [3.63, 3.8) is 0 Å². The number of hydrogen-bond acceptors (Lipinski definition) is 6. The van der Waals surface area contributed by atoms with Crippen molar-refractivity contribution in [1.29, 1.82) is 0 Å². The number of amides is 1. The molecule has 2 aliphatic rings. The average molecular weight is 425 g/mol. The highest BCUT2D eigenvalue weighted by Gasteiger charge is 2.19. The Labute approximate surface area is 176 Å². The third-order valence-corrected chi connectivity index (χ3v) is 5.63. The van der Waals surface area contributed by atoms with Gasteiger partial charge in [0.25, 0.3) is 11.5 Å². The predicted octanol–water partition coefficient (Wildman–Crippen LogP) is 2.31. The average Bonchev–Trinajstić information content (AvgIpc) is 3.24. The van der Waals surface area contributed by atoms with Gasteiger partial charge in [0, 0.05) is 18.7 Å². The monoisotopic (exact) mass is 425 g/mol. The SMILES string of the molecule is O=C(c1ccc2c(=O)n(Cc3ccc4c(c3)OCO4)c(=S)[nH]c2c1)N1CCOCC1. The molecule has 0 bridgehead atoms. The molecule has 1 fully saturated rings. The Hall–Kier alpha value is -3.17. The molecule has 0 spiro atoms. The number of carbonyl (C=O) groups excluding carboxylic acids is 1. The fourth-order valence-electron chi connectivity index (χ4n) is 3.70. The summed E-state index contributed by atoms with van der Waals surface area (Å²) in [4.78, 5) is 30.7. The number of rotatable bonds is 3. The summed E-state index contributed by atoms with van der Waals surface area (Å²) in [5.41, 5.74) is 1.73. The van der Waals surface area contributed by atoms with Crippen molar-refractivity contribution < 1.29 is 19.0 Å². The molecule has 2 aliphatic heterocycles.